The van der Waals surface area contributed by atoms with Crippen LogP contribution in [0, 0.1) is 0 Å². The molecule has 0 spiro atoms. The van der Waals surface area contributed by atoms with E-state index in [9.17, 15) is 10.2 Å². The molecule has 4 saturated heterocycles. The van der Waals surface area contributed by atoms with Gasteiger partial charge in [0.2, 0.25) is 0 Å². The molecule has 2 unspecified atom stereocenters. The van der Waals surface area contributed by atoms with Crippen LogP contribution in [0.3, 0.4) is 0 Å². The minimum absolute atomic E-state index is 0.166. The highest BCUT2D eigenvalue weighted by Gasteiger charge is 2.55. The van der Waals surface area contributed by atoms with Crippen LogP contribution in [0.15, 0.2) is 60.7 Å². The molecule has 4 aliphatic rings. The van der Waals surface area contributed by atoms with E-state index in [0.29, 0.717) is 0 Å². The quantitative estimate of drug-likeness (QED) is 0.443. The highest BCUT2D eigenvalue weighted by Crippen LogP contribution is 2.39. The van der Waals surface area contributed by atoms with Crippen molar-refractivity contribution < 1.29 is 52.8 Å². The summed E-state index contributed by atoms with van der Waals surface area (Å²) in [7, 11) is 0. The number of rotatable bonds is 8. The molecule has 0 radical (unpaired) electrons. The number of aliphatic hydroxyl groups is 2. The monoisotopic (exact) mass is 588 g/mol. The van der Waals surface area contributed by atoms with Crippen LogP contribution in [0.4, 0.5) is 0 Å². The molecule has 2 aromatic rings. The number of hydrogen-bond acceptors (Lipinski definition) is 11. The van der Waals surface area contributed by atoms with Crippen molar-refractivity contribution in [2.24, 2.45) is 0 Å². The molecule has 4 fully saturated rings. The Morgan fingerprint density at radius 3 is 2.24 bits per heavy atom. The van der Waals surface area contributed by atoms with E-state index < -0.39 is 73.2 Å². The van der Waals surface area contributed by atoms with E-state index in [1.54, 1.807) is 13.8 Å². The van der Waals surface area contributed by atoms with Crippen molar-refractivity contribution in [3.05, 3.63) is 71.8 Å². The van der Waals surface area contributed by atoms with Gasteiger partial charge in [-0.2, -0.15) is 0 Å². The van der Waals surface area contributed by atoms with Crippen molar-refractivity contribution >= 4 is 0 Å². The molecule has 230 valence electrons. The van der Waals surface area contributed by atoms with E-state index in [2.05, 4.69) is 0 Å². The fourth-order valence-electron chi connectivity index (χ4n) is 5.83. The first-order chi connectivity index (χ1) is 20.1. The number of hydrogen-bond donors (Lipinski definition) is 2. The smallest absolute Gasteiger partial charge is 0.189 e. The normalized spacial score (nSPS) is 38.2. The summed E-state index contributed by atoms with van der Waals surface area (Å²) in [5, 5.41) is 22.8. The van der Waals surface area contributed by atoms with Crippen LogP contribution in [0.5, 0.6) is 0 Å². The summed E-state index contributed by atoms with van der Waals surface area (Å²) in [5.74, 6) is -1.80. The van der Waals surface area contributed by atoms with Gasteiger partial charge in [-0.1, -0.05) is 60.7 Å². The number of aliphatic hydroxyl groups excluding tert-OH is 2. The van der Waals surface area contributed by atoms with Gasteiger partial charge in [0, 0.05) is 5.56 Å². The highest BCUT2D eigenvalue weighted by molar-refractivity contribution is 5.17. The Balaban J connectivity index is 1.18. The lowest BCUT2D eigenvalue weighted by molar-refractivity contribution is -0.386. The molecule has 2 aromatic carbocycles. The van der Waals surface area contributed by atoms with Crippen LogP contribution < -0.4 is 0 Å². The van der Waals surface area contributed by atoms with Crippen molar-refractivity contribution in [2.75, 3.05) is 13.2 Å². The fourth-order valence-corrected chi connectivity index (χ4v) is 5.83. The third-order valence-corrected chi connectivity index (χ3v) is 7.78. The third kappa shape index (κ3) is 6.57. The minimum atomic E-state index is -1.53. The molecule has 10 atom stereocenters. The first-order valence-electron chi connectivity index (χ1n) is 14.4. The van der Waals surface area contributed by atoms with Gasteiger partial charge in [-0.3, -0.25) is 0 Å². The van der Waals surface area contributed by atoms with E-state index in [1.165, 1.54) is 0 Å². The largest absolute Gasteiger partial charge is 0.385 e. The summed E-state index contributed by atoms with van der Waals surface area (Å²) in [5.41, 5.74) is 1.77. The molecule has 0 saturated carbocycles. The van der Waals surface area contributed by atoms with E-state index in [-0.39, 0.29) is 19.8 Å². The van der Waals surface area contributed by atoms with Gasteiger partial charge in [0.1, 0.15) is 42.7 Å². The summed E-state index contributed by atoms with van der Waals surface area (Å²) >= 11 is 0. The lowest BCUT2D eigenvalue weighted by Gasteiger charge is -2.48. The second kappa shape index (κ2) is 12.2. The molecule has 2 N–H and O–H groups in total. The van der Waals surface area contributed by atoms with Crippen molar-refractivity contribution in [3.8, 4) is 0 Å². The van der Waals surface area contributed by atoms with Crippen molar-refractivity contribution in [2.45, 2.75) is 107 Å². The zero-order chi connectivity index (χ0) is 29.5. The molecule has 0 aromatic heterocycles. The molecule has 11 nitrogen and oxygen atoms in total. The Bertz CT molecular complexity index is 1160. The molecule has 4 heterocycles. The maximum Gasteiger partial charge on any atom is 0.189 e. The highest BCUT2D eigenvalue weighted by atomic mass is 16.8. The predicted octanol–water partition coefficient (Wildman–Crippen LogP) is 2.78. The first kappa shape index (κ1) is 30.0. The molecular formula is C31H40O11. The molecule has 0 amide bonds. The molecular weight excluding hydrogens is 548 g/mol. The van der Waals surface area contributed by atoms with Crippen LogP contribution in [-0.4, -0.2) is 90.3 Å². The van der Waals surface area contributed by atoms with Gasteiger partial charge in [0.05, 0.1) is 19.8 Å². The van der Waals surface area contributed by atoms with Crippen molar-refractivity contribution in [1.82, 2.24) is 0 Å². The minimum Gasteiger partial charge on any atom is -0.385 e. The van der Waals surface area contributed by atoms with Gasteiger partial charge in [0.25, 0.3) is 0 Å². The van der Waals surface area contributed by atoms with Gasteiger partial charge in [-0.25, -0.2) is 0 Å². The van der Waals surface area contributed by atoms with Gasteiger partial charge < -0.3 is 52.8 Å². The van der Waals surface area contributed by atoms with Gasteiger partial charge >= 0.3 is 0 Å². The maximum absolute atomic E-state index is 11.5. The fraction of sp³-hybridized carbons (Fsp3) is 0.613. The van der Waals surface area contributed by atoms with Crippen LogP contribution in [0.1, 0.15) is 45.1 Å². The van der Waals surface area contributed by atoms with Crippen LogP contribution in [-0.2, 0) is 49.2 Å². The average molecular weight is 589 g/mol. The lowest BCUT2D eigenvalue weighted by atomic mass is 9.97. The third-order valence-electron chi connectivity index (χ3n) is 7.78. The van der Waals surface area contributed by atoms with Crippen LogP contribution in [0.25, 0.3) is 0 Å². The van der Waals surface area contributed by atoms with Crippen molar-refractivity contribution in [1.29, 1.82) is 0 Å². The SMILES string of the molecule is CC1(C)OC[C@H]([C@@H]2OC(C)(C)O[C@H]2C(O)O[C@@H]2O[C@@H]3COC(c4ccccc4)O[C@H]3[C@H](OCc3ccccc3)[C@@H]2O)O1. The van der Waals surface area contributed by atoms with E-state index in [0.717, 1.165) is 11.1 Å². The Morgan fingerprint density at radius 2 is 1.55 bits per heavy atom. The molecule has 42 heavy (non-hydrogen) atoms. The lowest BCUT2D eigenvalue weighted by Crippen LogP contribution is -2.63. The number of fused-ring (bicyclic) bond motifs is 1. The second-order valence-electron chi connectivity index (χ2n) is 11.9. The van der Waals surface area contributed by atoms with Crippen LogP contribution in [0.2, 0.25) is 0 Å². The van der Waals surface area contributed by atoms with Gasteiger partial charge in [0.15, 0.2) is 30.4 Å². The molecule has 0 aliphatic carbocycles. The Kier molecular flexibility index (Phi) is 8.71. The molecule has 4 aliphatic heterocycles. The number of benzene rings is 2. The summed E-state index contributed by atoms with van der Waals surface area (Å²) in [6, 6.07) is 19.2. The van der Waals surface area contributed by atoms with Crippen LogP contribution >= 0.6 is 0 Å². The zero-order valence-corrected chi connectivity index (χ0v) is 24.2. The average Bonchev–Trinajstić information content (AvgIpc) is 3.51. The van der Waals surface area contributed by atoms with Gasteiger partial charge in [-0.05, 0) is 33.3 Å². The Morgan fingerprint density at radius 1 is 0.833 bits per heavy atom. The van der Waals surface area contributed by atoms with E-state index >= 15 is 0 Å². The second-order valence-corrected chi connectivity index (χ2v) is 11.9. The van der Waals surface area contributed by atoms with E-state index in [1.807, 2.05) is 74.5 Å². The molecule has 11 heteroatoms. The predicted molar refractivity (Wildman–Crippen MR) is 146 cm³/mol. The van der Waals surface area contributed by atoms with E-state index in [4.69, 9.17) is 42.6 Å². The Hall–Kier alpha value is -2.00. The first-order valence-corrected chi connectivity index (χ1v) is 14.4. The topological polar surface area (TPSA) is 124 Å². The summed E-state index contributed by atoms with van der Waals surface area (Å²) in [6.07, 6.45) is -9.04. The molecule has 0 bridgehead atoms. The van der Waals surface area contributed by atoms with Crippen molar-refractivity contribution in [3.63, 3.8) is 0 Å². The van der Waals surface area contributed by atoms with Gasteiger partial charge in [-0.15, -0.1) is 0 Å². The molecule has 6 rings (SSSR count). The summed E-state index contributed by atoms with van der Waals surface area (Å²) in [4.78, 5) is 0. The maximum atomic E-state index is 11.5. The summed E-state index contributed by atoms with van der Waals surface area (Å²) in [6.45, 7) is 7.77. The summed E-state index contributed by atoms with van der Waals surface area (Å²) < 4.78 is 54.5. The standard InChI is InChI=1S/C31H40O11/c1-30(2)36-17-21(40-30)24-26(42-31(3,4)41-24)27(33)39-29-22(32)25(34-15-18-11-7-5-8-12-18)23-20(37-29)16-35-28(38-23)19-13-9-6-10-14-19/h5-14,20-29,32-33H,15-17H2,1-4H3/t20-,21-,22+,23-,24+,25-,26-,27?,28?,29+/m1/s1. The number of ether oxygens (including phenoxy) is 9. The zero-order valence-electron chi connectivity index (χ0n) is 24.2. The Labute approximate surface area is 245 Å².